The van der Waals surface area contributed by atoms with E-state index in [2.05, 4.69) is 61.5 Å². The van der Waals surface area contributed by atoms with Crippen molar-refractivity contribution in [3.8, 4) is 0 Å². The summed E-state index contributed by atoms with van der Waals surface area (Å²) in [5, 5.41) is 6.87. The second kappa shape index (κ2) is 12.0. The van der Waals surface area contributed by atoms with Crippen LogP contribution >= 0.6 is 0 Å². The molecule has 29 heavy (non-hydrogen) atoms. The Hall–Kier alpha value is -1.83. The molecule has 7 nitrogen and oxygen atoms in total. The first-order valence-corrected chi connectivity index (χ1v) is 11.0. The molecule has 0 atom stereocenters. The first-order valence-electron chi connectivity index (χ1n) is 11.0. The SMILES string of the molecule is CN=C(NCCCN1CCN(c2cccc(C)c2)CC1)NCCN1CCOCC1. The predicted octanol–water partition coefficient (Wildman–Crippen LogP) is 1.00. The number of benzene rings is 1. The van der Waals surface area contributed by atoms with Gasteiger partial charge in [0.1, 0.15) is 0 Å². The number of nitrogens with one attached hydrogen (secondary N) is 2. The lowest BCUT2D eigenvalue weighted by molar-refractivity contribution is 0.0389. The minimum Gasteiger partial charge on any atom is -0.379 e. The molecule has 0 saturated carbocycles. The minimum absolute atomic E-state index is 0.853. The van der Waals surface area contributed by atoms with Gasteiger partial charge >= 0.3 is 0 Å². The zero-order valence-corrected chi connectivity index (χ0v) is 18.2. The van der Waals surface area contributed by atoms with Crippen LogP contribution < -0.4 is 15.5 Å². The number of morpholine rings is 1. The smallest absolute Gasteiger partial charge is 0.191 e. The monoisotopic (exact) mass is 402 g/mol. The summed E-state index contributed by atoms with van der Waals surface area (Å²) >= 11 is 0. The van der Waals surface area contributed by atoms with Crippen molar-refractivity contribution in [2.75, 3.05) is 90.6 Å². The van der Waals surface area contributed by atoms with E-state index in [9.17, 15) is 0 Å². The summed E-state index contributed by atoms with van der Waals surface area (Å²) in [6, 6.07) is 8.84. The molecule has 0 radical (unpaired) electrons. The molecule has 2 fully saturated rings. The molecule has 1 aromatic rings. The van der Waals surface area contributed by atoms with E-state index in [-0.39, 0.29) is 0 Å². The Bertz CT molecular complexity index is 623. The quantitative estimate of drug-likeness (QED) is 0.385. The lowest BCUT2D eigenvalue weighted by Crippen LogP contribution is -2.47. The van der Waals surface area contributed by atoms with Crippen molar-refractivity contribution >= 4 is 11.6 Å². The van der Waals surface area contributed by atoms with E-state index in [1.54, 1.807) is 0 Å². The molecule has 0 bridgehead atoms. The fourth-order valence-electron chi connectivity index (χ4n) is 3.94. The minimum atomic E-state index is 0.853. The molecule has 2 N–H and O–H groups in total. The van der Waals surface area contributed by atoms with E-state index in [1.165, 1.54) is 11.3 Å². The van der Waals surface area contributed by atoms with E-state index in [0.717, 1.165) is 91.0 Å². The van der Waals surface area contributed by atoms with Crippen LogP contribution in [0.3, 0.4) is 0 Å². The second-order valence-corrected chi connectivity index (χ2v) is 7.90. The molecule has 2 heterocycles. The molecule has 0 spiro atoms. The van der Waals surface area contributed by atoms with Gasteiger partial charge < -0.3 is 20.3 Å². The highest BCUT2D eigenvalue weighted by Gasteiger charge is 2.16. The van der Waals surface area contributed by atoms with Crippen LogP contribution in [0.4, 0.5) is 5.69 Å². The van der Waals surface area contributed by atoms with E-state index in [0.29, 0.717) is 0 Å². The van der Waals surface area contributed by atoms with Crippen molar-refractivity contribution in [1.29, 1.82) is 0 Å². The van der Waals surface area contributed by atoms with Crippen molar-refractivity contribution in [3.63, 3.8) is 0 Å². The summed E-state index contributed by atoms with van der Waals surface area (Å²) in [4.78, 5) is 11.8. The molecular formula is C22H38N6O. The van der Waals surface area contributed by atoms with Crippen LogP contribution in [-0.4, -0.2) is 101 Å². The van der Waals surface area contributed by atoms with Crippen molar-refractivity contribution < 1.29 is 4.74 Å². The number of anilines is 1. The van der Waals surface area contributed by atoms with Crippen LogP contribution in [0.25, 0.3) is 0 Å². The normalized spacial score (nSPS) is 19.4. The number of piperazine rings is 1. The lowest BCUT2D eigenvalue weighted by Gasteiger charge is -2.36. The van der Waals surface area contributed by atoms with Crippen LogP contribution in [0, 0.1) is 6.92 Å². The first kappa shape index (κ1) is 21.9. The molecule has 0 aliphatic carbocycles. The van der Waals surface area contributed by atoms with Crippen LogP contribution in [0.5, 0.6) is 0 Å². The molecule has 3 rings (SSSR count). The maximum absolute atomic E-state index is 5.39. The highest BCUT2D eigenvalue weighted by molar-refractivity contribution is 5.79. The van der Waals surface area contributed by atoms with Crippen molar-refractivity contribution in [2.24, 2.45) is 4.99 Å². The lowest BCUT2D eigenvalue weighted by atomic mass is 10.2. The highest BCUT2D eigenvalue weighted by Crippen LogP contribution is 2.17. The Labute approximate surface area is 176 Å². The summed E-state index contributed by atoms with van der Waals surface area (Å²) in [6.45, 7) is 14.5. The summed E-state index contributed by atoms with van der Waals surface area (Å²) in [6.07, 6.45) is 1.13. The standard InChI is InChI=1S/C22H38N6O/c1-20-5-3-6-21(19-20)28-13-11-26(12-14-28)9-4-7-24-22(23-2)25-8-10-27-15-17-29-18-16-27/h3,5-6,19H,4,7-18H2,1-2H3,(H2,23,24,25). The Morgan fingerprint density at radius 1 is 0.966 bits per heavy atom. The average molecular weight is 403 g/mol. The number of nitrogens with zero attached hydrogens (tertiary/aromatic N) is 4. The number of hydrogen-bond acceptors (Lipinski definition) is 5. The molecule has 7 heteroatoms. The van der Waals surface area contributed by atoms with Gasteiger partial charge in [-0.15, -0.1) is 0 Å². The van der Waals surface area contributed by atoms with Gasteiger partial charge in [-0.05, 0) is 37.6 Å². The molecule has 2 aliphatic heterocycles. The number of guanidine groups is 1. The van der Waals surface area contributed by atoms with Crippen LogP contribution in [0.1, 0.15) is 12.0 Å². The molecule has 0 amide bonds. The van der Waals surface area contributed by atoms with Crippen molar-refractivity contribution in [2.45, 2.75) is 13.3 Å². The summed E-state index contributed by atoms with van der Waals surface area (Å²) in [5.74, 6) is 0.905. The number of aryl methyl sites for hydroxylation is 1. The highest BCUT2D eigenvalue weighted by atomic mass is 16.5. The maximum atomic E-state index is 5.39. The van der Waals surface area contributed by atoms with Gasteiger partial charge in [0.25, 0.3) is 0 Å². The predicted molar refractivity (Wildman–Crippen MR) is 121 cm³/mol. The number of aliphatic imine (C=N–C) groups is 1. The van der Waals surface area contributed by atoms with E-state index in [1.807, 2.05) is 7.05 Å². The second-order valence-electron chi connectivity index (χ2n) is 7.90. The third-order valence-electron chi connectivity index (χ3n) is 5.73. The topological polar surface area (TPSA) is 55.4 Å². The van der Waals surface area contributed by atoms with Crippen LogP contribution in [-0.2, 0) is 4.74 Å². The fourth-order valence-corrected chi connectivity index (χ4v) is 3.94. The van der Waals surface area contributed by atoms with Gasteiger partial charge in [-0.2, -0.15) is 0 Å². The summed E-state index contributed by atoms with van der Waals surface area (Å²) in [7, 11) is 1.84. The fraction of sp³-hybridized carbons (Fsp3) is 0.682. The van der Waals surface area contributed by atoms with Gasteiger partial charge in [0.2, 0.25) is 0 Å². The molecule has 2 saturated heterocycles. The van der Waals surface area contributed by atoms with E-state index < -0.39 is 0 Å². The maximum Gasteiger partial charge on any atom is 0.191 e. The largest absolute Gasteiger partial charge is 0.379 e. The van der Waals surface area contributed by atoms with Crippen molar-refractivity contribution in [1.82, 2.24) is 20.4 Å². The van der Waals surface area contributed by atoms with Gasteiger partial charge in [-0.1, -0.05) is 12.1 Å². The number of rotatable bonds is 8. The Kier molecular flexibility index (Phi) is 9.05. The molecule has 1 aromatic carbocycles. The Balaban J connectivity index is 1.25. The number of ether oxygens (including phenoxy) is 1. The van der Waals surface area contributed by atoms with E-state index >= 15 is 0 Å². The summed E-state index contributed by atoms with van der Waals surface area (Å²) < 4.78 is 5.39. The zero-order valence-electron chi connectivity index (χ0n) is 18.2. The van der Waals surface area contributed by atoms with Crippen LogP contribution in [0.2, 0.25) is 0 Å². The molecule has 162 valence electrons. The third-order valence-corrected chi connectivity index (χ3v) is 5.73. The first-order chi connectivity index (χ1) is 14.2. The Morgan fingerprint density at radius 2 is 1.69 bits per heavy atom. The van der Waals surface area contributed by atoms with Crippen LogP contribution in [0.15, 0.2) is 29.3 Å². The van der Waals surface area contributed by atoms with E-state index in [4.69, 9.17) is 4.74 Å². The average Bonchev–Trinajstić information content (AvgIpc) is 2.76. The van der Waals surface area contributed by atoms with Gasteiger partial charge in [-0.3, -0.25) is 14.8 Å². The molecule has 0 aromatic heterocycles. The molecular weight excluding hydrogens is 364 g/mol. The van der Waals surface area contributed by atoms with Crippen molar-refractivity contribution in [3.05, 3.63) is 29.8 Å². The van der Waals surface area contributed by atoms with Gasteiger partial charge in [0, 0.05) is 71.6 Å². The zero-order chi connectivity index (χ0) is 20.3. The molecule has 2 aliphatic rings. The van der Waals surface area contributed by atoms with Gasteiger partial charge in [0.15, 0.2) is 5.96 Å². The Morgan fingerprint density at radius 3 is 2.41 bits per heavy atom. The molecule has 0 unspecified atom stereocenters. The van der Waals surface area contributed by atoms with Gasteiger partial charge in [0.05, 0.1) is 13.2 Å². The summed E-state index contributed by atoms with van der Waals surface area (Å²) in [5.41, 5.74) is 2.70. The number of hydrogen-bond donors (Lipinski definition) is 2. The third kappa shape index (κ3) is 7.49. The van der Waals surface area contributed by atoms with Gasteiger partial charge in [-0.25, -0.2) is 0 Å².